The molecular formula is C21H25FO3. The molecule has 0 spiro atoms. The number of ketones is 1. The number of Topliss-reactive ketones (excluding diaryl/α,β-unsaturated/α-hetero) is 1. The van der Waals surface area contributed by atoms with Crippen LogP contribution in [0, 0.1) is 29.0 Å². The molecule has 1 aromatic carbocycles. The van der Waals surface area contributed by atoms with E-state index in [1.807, 2.05) is 0 Å². The summed E-state index contributed by atoms with van der Waals surface area (Å²) in [6, 6.07) is 5.80. The van der Waals surface area contributed by atoms with E-state index >= 15 is 0 Å². The van der Waals surface area contributed by atoms with Crippen LogP contribution in [0.2, 0.25) is 0 Å². The van der Waals surface area contributed by atoms with Gasteiger partial charge in [-0.05, 0) is 80.9 Å². The maximum Gasteiger partial charge on any atom is 0.310 e. The second kappa shape index (κ2) is 6.22. The first-order valence-corrected chi connectivity index (χ1v) is 9.42. The minimum Gasteiger partial charge on any atom is -0.454 e. The molecule has 1 aromatic rings. The molecule has 0 aromatic heterocycles. The molecule has 0 saturated heterocycles. The fourth-order valence-electron chi connectivity index (χ4n) is 5.90. The zero-order valence-electron chi connectivity index (χ0n) is 14.7. The minimum absolute atomic E-state index is 0.0682. The average molecular weight is 344 g/mol. The lowest BCUT2D eigenvalue weighted by atomic mass is 9.48. The van der Waals surface area contributed by atoms with Gasteiger partial charge in [0.2, 0.25) is 0 Å². The Labute approximate surface area is 147 Å². The van der Waals surface area contributed by atoms with Crippen LogP contribution in [-0.2, 0) is 20.7 Å². The van der Waals surface area contributed by atoms with Gasteiger partial charge in [0, 0.05) is 5.41 Å². The van der Waals surface area contributed by atoms with Crippen molar-refractivity contribution in [3.63, 3.8) is 0 Å². The Bertz CT molecular complexity index is 644. The van der Waals surface area contributed by atoms with Gasteiger partial charge in [0.1, 0.15) is 5.82 Å². The van der Waals surface area contributed by atoms with Crippen LogP contribution in [0.1, 0.15) is 51.0 Å². The number of hydrogen-bond acceptors (Lipinski definition) is 3. The molecule has 1 unspecified atom stereocenters. The molecule has 5 rings (SSSR count). The fourth-order valence-corrected chi connectivity index (χ4v) is 5.90. The van der Waals surface area contributed by atoms with Crippen molar-refractivity contribution in [1.82, 2.24) is 0 Å². The molecule has 4 heteroatoms. The summed E-state index contributed by atoms with van der Waals surface area (Å²) in [5, 5.41) is 0. The Morgan fingerprint density at radius 3 is 2.12 bits per heavy atom. The Hall–Kier alpha value is -1.71. The van der Waals surface area contributed by atoms with Crippen LogP contribution in [0.25, 0.3) is 0 Å². The maximum atomic E-state index is 13.1. The molecule has 3 nitrogen and oxygen atoms in total. The molecule has 0 aliphatic heterocycles. The predicted molar refractivity (Wildman–Crippen MR) is 91.3 cm³/mol. The minimum atomic E-state index is -0.691. The quantitative estimate of drug-likeness (QED) is 0.756. The van der Waals surface area contributed by atoms with Gasteiger partial charge in [0.05, 0.1) is 6.42 Å². The summed E-state index contributed by atoms with van der Waals surface area (Å²) in [6.07, 6.45) is 6.18. The first-order chi connectivity index (χ1) is 11.9. The molecule has 1 atom stereocenters. The lowest BCUT2D eigenvalue weighted by molar-refractivity contribution is -0.164. The molecule has 4 aliphatic rings. The van der Waals surface area contributed by atoms with E-state index in [-0.39, 0.29) is 23.4 Å². The predicted octanol–water partition coefficient (Wildman–Crippen LogP) is 4.09. The molecule has 4 bridgehead atoms. The Morgan fingerprint density at radius 2 is 1.60 bits per heavy atom. The van der Waals surface area contributed by atoms with E-state index in [1.165, 1.54) is 31.4 Å². The lowest BCUT2D eigenvalue weighted by Crippen LogP contribution is -2.52. The smallest absolute Gasteiger partial charge is 0.310 e. The van der Waals surface area contributed by atoms with E-state index in [4.69, 9.17) is 4.74 Å². The number of carbonyl (C=O) groups excluding carboxylic acids is 2. The first-order valence-electron chi connectivity index (χ1n) is 9.42. The van der Waals surface area contributed by atoms with Crippen LogP contribution in [0.3, 0.4) is 0 Å². The van der Waals surface area contributed by atoms with Gasteiger partial charge in [-0.3, -0.25) is 9.59 Å². The number of esters is 1. The highest BCUT2D eigenvalue weighted by Crippen LogP contribution is 2.60. The van der Waals surface area contributed by atoms with E-state index in [0.29, 0.717) is 23.3 Å². The summed E-state index contributed by atoms with van der Waals surface area (Å²) in [4.78, 5) is 25.3. The van der Waals surface area contributed by atoms with Gasteiger partial charge in [-0.2, -0.15) is 0 Å². The molecule has 0 heterocycles. The summed E-state index contributed by atoms with van der Waals surface area (Å²) in [5.74, 6) is 1.45. The monoisotopic (exact) mass is 344 g/mol. The van der Waals surface area contributed by atoms with Crippen LogP contribution in [0.15, 0.2) is 24.3 Å². The Morgan fingerprint density at radius 1 is 1.08 bits per heavy atom. The third-order valence-electron chi connectivity index (χ3n) is 6.50. The molecule has 0 amide bonds. The molecule has 0 radical (unpaired) electrons. The number of rotatable bonds is 5. The summed E-state index contributed by atoms with van der Waals surface area (Å²) in [7, 11) is 0. The molecular weight excluding hydrogens is 319 g/mol. The Kier molecular flexibility index (Phi) is 4.17. The average Bonchev–Trinajstić information content (AvgIpc) is 2.55. The van der Waals surface area contributed by atoms with E-state index in [0.717, 1.165) is 19.3 Å². The first kappa shape index (κ1) is 16.7. The zero-order valence-corrected chi connectivity index (χ0v) is 14.7. The third-order valence-corrected chi connectivity index (χ3v) is 6.50. The molecule has 4 fully saturated rings. The van der Waals surface area contributed by atoms with Crippen LogP contribution >= 0.6 is 0 Å². The summed E-state index contributed by atoms with van der Waals surface area (Å²) in [6.45, 7) is 1.71. The summed E-state index contributed by atoms with van der Waals surface area (Å²) >= 11 is 0. The van der Waals surface area contributed by atoms with Gasteiger partial charge >= 0.3 is 5.97 Å². The van der Waals surface area contributed by atoms with Crippen molar-refractivity contribution < 1.29 is 18.7 Å². The standard InChI is InChI=1S/C21H25FO3/c1-13(25-19(23)9-14-2-4-18(22)5-3-14)20(24)21-10-15-6-16(11-21)8-17(7-15)12-21/h2-5,13,15-17H,6-12H2,1H3. The number of ether oxygens (including phenoxy) is 1. The van der Waals surface area contributed by atoms with E-state index in [9.17, 15) is 14.0 Å². The van der Waals surface area contributed by atoms with Gasteiger partial charge < -0.3 is 4.74 Å². The van der Waals surface area contributed by atoms with Crippen molar-refractivity contribution in [1.29, 1.82) is 0 Å². The van der Waals surface area contributed by atoms with E-state index in [1.54, 1.807) is 19.1 Å². The van der Waals surface area contributed by atoms with Gasteiger partial charge in [0.25, 0.3) is 0 Å². The number of carbonyl (C=O) groups is 2. The second-order valence-corrected chi connectivity index (χ2v) is 8.50. The van der Waals surface area contributed by atoms with Crippen molar-refractivity contribution in [2.75, 3.05) is 0 Å². The largest absolute Gasteiger partial charge is 0.454 e. The topological polar surface area (TPSA) is 43.4 Å². The Balaban J connectivity index is 1.39. The number of benzene rings is 1. The number of hydrogen-bond donors (Lipinski definition) is 0. The highest BCUT2D eigenvalue weighted by Gasteiger charge is 2.55. The SMILES string of the molecule is CC(OC(=O)Cc1ccc(F)cc1)C(=O)C12CC3CC(CC(C3)C1)C2. The molecule has 134 valence electrons. The molecule has 4 saturated carbocycles. The van der Waals surface area contributed by atoms with Gasteiger partial charge in [-0.25, -0.2) is 4.39 Å². The van der Waals surface area contributed by atoms with Crippen molar-refractivity contribution in [3.05, 3.63) is 35.6 Å². The summed E-state index contributed by atoms with van der Waals surface area (Å²) in [5.41, 5.74) is 0.450. The van der Waals surface area contributed by atoms with Crippen molar-refractivity contribution in [2.24, 2.45) is 23.2 Å². The highest BCUT2D eigenvalue weighted by atomic mass is 19.1. The maximum absolute atomic E-state index is 13.1. The fraction of sp³-hybridized carbons (Fsp3) is 0.619. The molecule has 4 aliphatic carbocycles. The summed E-state index contributed by atoms with van der Waals surface area (Å²) < 4.78 is 18.4. The van der Waals surface area contributed by atoms with Gasteiger partial charge in [-0.15, -0.1) is 0 Å². The van der Waals surface area contributed by atoms with E-state index in [2.05, 4.69) is 0 Å². The van der Waals surface area contributed by atoms with Gasteiger partial charge in [0.15, 0.2) is 11.9 Å². The van der Waals surface area contributed by atoms with Crippen LogP contribution < -0.4 is 0 Å². The number of halogens is 1. The zero-order chi connectivity index (χ0) is 17.6. The normalized spacial score (nSPS) is 33.9. The van der Waals surface area contributed by atoms with Crippen molar-refractivity contribution in [3.8, 4) is 0 Å². The van der Waals surface area contributed by atoms with Crippen LogP contribution in [0.5, 0.6) is 0 Å². The van der Waals surface area contributed by atoms with Crippen LogP contribution in [-0.4, -0.2) is 17.9 Å². The van der Waals surface area contributed by atoms with Gasteiger partial charge in [-0.1, -0.05) is 12.1 Å². The molecule has 25 heavy (non-hydrogen) atoms. The van der Waals surface area contributed by atoms with Crippen molar-refractivity contribution in [2.45, 2.75) is 58.0 Å². The van der Waals surface area contributed by atoms with E-state index < -0.39 is 12.1 Å². The van der Waals surface area contributed by atoms with Crippen molar-refractivity contribution >= 4 is 11.8 Å². The molecule has 0 N–H and O–H groups in total. The second-order valence-electron chi connectivity index (χ2n) is 8.50. The lowest BCUT2D eigenvalue weighted by Gasteiger charge is -2.56. The van der Waals surface area contributed by atoms with Crippen LogP contribution in [0.4, 0.5) is 4.39 Å². The highest BCUT2D eigenvalue weighted by molar-refractivity contribution is 5.91. The third kappa shape index (κ3) is 3.23.